The first-order valence-corrected chi connectivity index (χ1v) is 9.48. The molecule has 1 aromatic heterocycles. The SMILES string of the molecule is Cl.O=C(NC(c1ccccc1)c1ccc(C2CC(F)(F)C2)cn1)[C@H]1CC(F)CN1. The van der Waals surface area contributed by atoms with Crippen molar-refractivity contribution in [3.05, 3.63) is 65.5 Å². The van der Waals surface area contributed by atoms with Gasteiger partial charge in [-0.3, -0.25) is 9.78 Å². The van der Waals surface area contributed by atoms with Crippen molar-refractivity contribution in [2.24, 2.45) is 0 Å². The number of hydrogen-bond acceptors (Lipinski definition) is 3. The molecule has 29 heavy (non-hydrogen) atoms. The average Bonchev–Trinajstić information content (AvgIpc) is 3.11. The standard InChI is InChI=1S/C21H22F3N3O.ClH/c22-16-8-18(26-12-16)20(28)27-19(13-4-2-1-3-5-13)17-7-6-14(11-25-17)15-9-21(23,24)10-15;/h1-7,11,15-16,18-19,26H,8-10,12H2,(H,27,28);1H/t16?,18-,19?;/m1./s1. The highest BCUT2D eigenvalue weighted by Crippen LogP contribution is 2.48. The molecule has 1 aliphatic heterocycles. The lowest BCUT2D eigenvalue weighted by Gasteiger charge is -2.35. The summed E-state index contributed by atoms with van der Waals surface area (Å²) in [4.78, 5) is 17.0. The van der Waals surface area contributed by atoms with E-state index in [1.54, 1.807) is 18.3 Å². The second-order valence-corrected chi connectivity index (χ2v) is 7.62. The fourth-order valence-electron chi connectivity index (χ4n) is 3.83. The quantitative estimate of drug-likeness (QED) is 0.763. The topological polar surface area (TPSA) is 54.0 Å². The van der Waals surface area contributed by atoms with E-state index in [1.807, 2.05) is 30.3 Å². The average molecular weight is 426 g/mol. The van der Waals surface area contributed by atoms with Crippen LogP contribution in [0, 0.1) is 0 Å². The zero-order valence-electron chi connectivity index (χ0n) is 15.7. The summed E-state index contributed by atoms with van der Waals surface area (Å²) in [5.41, 5.74) is 2.25. The maximum Gasteiger partial charge on any atom is 0.249 e. The van der Waals surface area contributed by atoms with E-state index in [0.717, 1.165) is 11.1 Å². The first-order chi connectivity index (χ1) is 13.4. The number of nitrogens with zero attached hydrogens (tertiary/aromatic N) is 1. The van der Waals surface area contributed by atoms with Crippen LogP contribution in [0.4, 0.5) is 13.2 Å². The highest BCUT2D eigenvalue weighted by Gasteiger charge is 2.45. The van der Waals surface area contributed by atoms with Crippen LogP contribution in [0.3, 0.4) is 0 Å². The van der Waals surface area contributed by atoms with E-state index in [-0.39, 0.29) is 50.0 Å². The number of carbonyl (C=O) groups excluding carboxylic acids is 1. The van der Waals surface area contributed by atoms with Gasteiger partial charge in [0, 0.05) is 32.0 Å². The minimum Gasteiger partial charge on any atom is -0.342 e. The molecule has 1 aromatic carbocycles. The van der Waals surface area contributed by atoms with Gasteiger partial charge in [-0.25, -0.2) is 13.2 Å². The highest BCUT2D eigenvalue weighted by molar-refractivity contribution is 5.85. The van der Waals surface area contributed by atoms with Gasteiger partial charge in [-0.1, -0.05) is 36.4 Å². The second kappa shape index (κ2) is 8.71. The monoisotopic (exact) mass is 425 g/mol. The van der Waals surface area contributed by atoms with E-state index < -0.39 is 24.2 Å². The Morgan fingerprint density at radius 1 is 1.17 bits per heavy atom. The predicted octanol–water partition coefficient (Wildman–Crippen LogP) is 3.92. The Bertz CT molecular complexity index is 827. The molecule has 2 fully saturated rings. The number of halogens is 4. The highest BCUT2D eigenvalue weighted by atomic mass is 35.5. The zero-order valence-corrected chi connectivity index (χ0v) is 16.5. The van der Waals surface area contributed by atoms with Crippen LogP contribution in [0.2, 0.25) is 0 Å². The van der Waals surface area contributed by atoms with Gasteiger partial charge in [0.2, 0.25) is 11.8 Å². The van der Waals surface area contributed by atoms with Crippen molar-refractivity contribution in [3.63, 3.8) is 0 Å². The molecule has 2 heterocycles. The summed E-state index contributed by atoms with van der Waals surface area (Å²) in [6, 6.07) is 11.9. The first kappa shape index (κ1) is 21.6. The van der Waals surface area contributed by atoms with Gasteiger partial charge in [-0.2, -0.15) is 0 Å². The Kier molecular flexibility index (Phi) is 6.49. The molecule has 2 N–H and O–H groups in total. The summed E-state index contributed by atoms with van der Waals surface area (Å²) in [5.74, 6) is -3.03. The van der Waals surface area contributed by atoms with Gasteiger partial charge in [-0.15, -0.1) is 12.4 Å². The Hall–Kier alpha value is -2.12. The van der Waals surface area contributed by atoms with Crippen molar-refractivity contribution in [3.8, 4) is 0 Å². The number of rotatable bonds is 5. The third-order valence-electron chi connectivity index (χ3n) is 5.48. The molecule has 156 valence electrons. The molecule has 1 saturated carbocycles. The maximum atomic E-state index is 13.4. The molecule has 4 nitrogen and oxygen atoms in total. The van der Waals surface area contributed by atoms with Crippen molar-refractivity contribution in [2.45, 2.75) is 49.4 Å². The van der Waals surface area contributed by atoms with Gasteiger partial charge in [0.25, 0.3) is 0 Å². The molecule has 3 atom stereocenters. The van der Waals surface area contributed by atoms with Crippen molar-refractivity contribution in [1.29, 1.82) is 0 Å². The van der Waals surface area contributed by atoms with Gasteiger partial charge in [-0.05, 0) is 23.1 Å². The number of pyridine rings is 1. The number of amides is 1. The van der Waals surface area contributed by atoms with E-state index in [9.17, 15) is 18.0 Å². The fourth-order valence-corrected chi connectivity index (χ4v) is 3.83. The zero-order chi connectivity index (χ0) is 19.7. The Morgan fingerprint density at radius 3 is 2.45 bits per heavy atom. The van der Waals surface area contributed by atoms with E-state index in [0.29, 0.717) is 5.69 Å². The van der Waals surface area contributed by atoms with Crippen LogP contribution in [0.5, 0.6) is 0 Å². The molecule has 0 bridgehead atoms. The lowest BCUT2D eigenvalue weighted by molar-refractivity contribution is -0.123. The summed E-state index contributed by atoms with van der Waals surface area (Å²) in [5, 5.41) is 5.83. The number of alkyl halides is 3. The van der Waals surface area contributed by atoms with Crippen molar-refractivity contribution >= 4 is 18.3 Å². The Labute approximate surface area is 173 Å². The van der Waals surface area contributed by atoms with Crippen molar-refractivity contribution in [1.82, 2.24) is 15.6 Å². The summed E-state index contributed by atoms with van der Waals surface area (Å²) >= 11 is 0. The third-order valence-corrected chi connectivity index (χ3v) is 5.48. The minimum absolute atomic E-state index is 0. The summed E-state index contributed by atoms with van der Waals surface area (Å²) < 4.78 is 39.7. The number of nitrogens with one attached hydrogen (secondary N) is 2. The molecule has 2 aromatic rings. The van der Waals surface area contributed by atoms with Gasteiger partial charge in [0.05, 0.1) is 17.8 Å². The molecule has 4 rings (SSSR count). The fraction of sp³-hybridized carbons (Fsp3) is 0.429. The van der Waals surface area contributed by atoms with Gasteiger partial charge >= 0.3 is 0 Å². The number of benzene rings is 1. The van der Waals surface area contributed by atoms with E-state index in [1.165, 1.54) is 0 Å². The largest absolute Gasteiger partial charge is 0.342 e. The van der Waals surface area contributed by atoms with E-state index in [4.69, 9.17) is 0 Å². The summed E-state index contributed by atoms with van der Waals surface area (Å²) in [7, 11) is 0. The number of aromatic nitrogens is 1. The third kappa shape index (κ3) is 4.90. The van der Waals surface area contributed by atoms with Gasteiger partial charge in [0.15, 0.2) is 0 Å². The molecular weight excluding hydrogens is 403 g/mol. The molecule has 2 aliphatic rings. The van der Waals surface area contributed by atoms with Crippen LogP contribution in [0.15, 0.2) is 48.7 Å². The van der Waals surface area contributed by atoms with Gasteiger partial charge < -0.3 is 10.6 Å². The first-order valence-electron chi connectivity index (χ1n) is 9.48. The molecule has 1 saturated heterocycles. The molecule has 1 aliphatic carbocycles. The van der Waals surface area contributed by atoms with Crippen LogP contribution >= 0.6 is 12.4 Å². The number of carbonyl (C=O) groups is 1. The summed E-state index contributed by atoms with van der Waals surface area (Å²) in [6.07, 6.45) is 0.442. The van der Waals surface area contributed by atoms with Crippen molar-refractivity contribution in [2.75, 3.05) is 6.54 Å². The lowest BCUT2D eigenvalue weighted by atomic mass is 9.77. The van der Waals surface area contributed by atoms with Crippen LogP contribution < -0.4 is 10.6 Å². The van der Waals surface area contributed by atoms with Crippen LogP contribution in [0.1, 0.15) is 48.0 Å². The Morgan fingerprint density at radius 2 is 1.90 bits per heavy atom. The van der Waals surface area contributed by atoms with Crippen LogP contribution in [0.25, 0.3) is 0 Å². The molecule has 8 heteroatoms. The molecule has 2 unspecified atom stereocenters. The normalized spacial score (nSPS) is 24.2. The molecule has 1 amide bonds. The molecule has 0 radical (unpaired) electrons. The molecular formula is C21H23ClF3N3O. The Balaban J connectivity index is 0.00000240. The van der Waals surface area contributed by atoms with E-state index >= 15 is 0 Å². The number of hydrogen-bond donors (Lipinski definition) is 2. The van der Waals surface area contributed by atoms with Crippen LogP contribution in [-0.4, -0.2) is 35.6 Å². The van der Waals surface area contributed by atoms with Crippen molar-refractivity contribution < 1.29 is 18.0 Å². The van der Waals surface area contributed by atoms with Gasteiger partial charge in [0.1, 0.15) is 6.17 Å². The molecule has 0 spiro atoms. The second-order valence-electron chi connectivity index (χ2n) is 7.62. The van der Waals surface area contributed by atoms with E-state index in [2.05, 4.69) is 15.6 Å². The lowest BCUT2D eigenvalue weighted by Crippen LogP contribution is -2.42. The van der Waals surface area contributed by atoms with Crippen LogP contribution in [-0.2, 0) is 4.79 Å². The minimum atomic E-state index is -2.58. The smallest absolute Gasteiger partial charge is 0.249 e. The summed E-state index contributed by atoms with van der Waals surface area (Å²) in [6.45, 7) is 0.174. The predicted molar refractivity (Wildman–Crippen MR) is 106 cm³/mol. The maximum absolute atomic E-state index is 13.4.